The lowest BCUT2D eigenvalue weighted by molar-refractivity contribution is -0.131. The van der Waals surface area contributed by atoms with E-state index < -0.39 is 0 Å². The van der Waals surface area contributed by atoms with Crippen molar-refractivity contribution >= 4 is 5.91 Å². The highest BCUT2D eigenvalue weighted by Crippen LogP contribution is 2.27. The maximum atomic E-state index is 12.6. The van der Waals surface area contributed by atoms with Gasteiger partial charge < -0.3 is 9.64 Å². The van der Waals surface area contributed by atoms with Crippen molar-refractivity contribution < 1.29 is 9.53 Å². The molecule has 1 aliphatic heterocycles. The zero-order valence-corrected chi connectivity index (χ0v) is 13.7. The monoisotopic (exact) mass is 313 g/mol. The molecule has 0 saturated carbocycles. The van der Waals surface area contributed by atoms with Gasteiger partial charge in [-0.2, -0.15) is 5.10 Å². The van der Waals surface area contributed by atoms with Crippen LogP contribution >= 0.6 is 0 Å². The van der Waals surface area contributed by atoms with Crippen LogP contribution < -0.4 is 4.74 Å². The van der Waals surface area contributed by atoms with Gasteiger partial charge in [-0.15, -0.1) is 0 Å². The first-order valence-electron chi connectivity index (χ1n) is 8.08. The summed E-state index contributed by atoms with van der Waals surface area (Å²) in [6.45, 7) is 3.69. The van der Waals surface area contributed by atoms with E-state index in [0.717, 1.165) is 37.2 Å². The number of aryl methyl sites for hydroxylation is 1. The van der Waals surface area contributed by atoms with Crippen molar-refractivity contribution in [3.8, 4) is 5.75 Å². The summed E-state index contributed by atoms with van der Waals surface area (Å²) < 4.78 is 5.15. The van der Waals surface area contributed by atoms with Crippen LogP contribution in [0.4, 0.5) is 0 Å². The molecule has 1 saturated heterocycles. The van der Waals surface area contributed by atoms with Gasteiger partial charge in [0.15, 0.2) is 0 Å². The molecule has 0 spiro atoms. The van der Waals surface area contributed by atoms with E-state index in [1.807, 2.05) is 35.4 Å². The van der Waals surface area contributed by atoms with Gasteiger partial charge in [0.05, 0.1) is 19.7 Å². The third kappa shape index (κ3) is 3.55. The van der Waals surface area contributed by atoms with Gasteiger partial charge >= 0.3 is 0 Å². The van der Waals surface area contributed by atoms with Gasteiger partial charge in [0, 0.05) is 24.7 Å². The maximum absolute atomic E-state index is 12.6. The van der Waals surface area contributed by atoms with E-state index in [2.05, 4.69) is 17.1 Å². The summed E-state index contributed by atoms with van der Waals surface area (Å²) in [5, 5.41) is 7.21. The van der Waals surface area contributed by atoms with Gasteiger partial charge in [0.1, 0.15) is 5.75 Å². The molecular weight excluding hydrogens is 290 g/mol. The average Bonchev–Trinajstić information content (AvgIpc) is 3.02. The number of nitrogens with one attached hydrogen (secondary N) is 1. The summed E-state index contributed by atoms with van der Waals surface area (Å²) in [5.74, 6) is 1.37. The summed E-state index contributed by atoms with van der Waals surface area (Å²) in [6.07, 6.45) is 4.44. The van der Waals surface area contributed by atoms with Crippen LogP contribution in [0.25, 0.3) is 0 Å². The molecule has 2 aromatic rings. The van der Waals surface area contributed by atoms with Gasteiger partial charge in [-0.25, -0.2) is 0 Å². The maximum Gasteiger partial charge on any atom is 0.227 e. The van der Waals surface area contributed by atoms with Crippen molar-refractivity contribution in [1.29, 1.82) is 0 Å². The van der Waals surface area contributed by atoms with Crippen LogP contribution in [0.3, 0.4) is 0 Å². The number of piperidine rings is 1. The first kappa shape index (κ1) is 15.6. The van der Waals surface area contributed by atoms with Crippen LogP contribution in [0.1, 0.15) is 35.6 Å². The van der Waals surface area contributed by atoms with Crippen LogP contribution in [0.2, 0.25) is 0 Å². The Hall–Kier alpha value is -2.30. The third-order valence-electron chi connectivity index (χ3n) is 4.56. The fourth-order valence-electron chi connectivity index (χ4n) is 3.24. The number of aromatic amines is 1. The van der Waals surface area contributed by atoms with E-state index in [-0.39, 0.29) is 5.91 Å². The van der Waals surface area contributed by atoms with Crippen molar-refractivity contribution in [3.63, 3.8) is 0 Å². The predicted molar refractivity (Wildman–Crippen MR) is 88.6 cm³/mol. The molecule has 0 aliphatic carbocycles. The zero-order chi connectivity index (χ0) is 16.2. The number of hydrogen-bond donors (Lipinski definition) is 1. The minimum Gasteiger partial charge on any atom is -0.497 e. The first-order chi connectivity index (χ1) is 11.2. The summed E-state index contributed by atoms with van der Waals surface area (Å²) in [4.78, 5) is 14.6. The molecule has 1 N–H and O–H groups in total. The van der Waals surface area contributed by atoms with Gasteiger partial charge in [0.25, 0.3) is 0 Å². The Labute approximate surface area is 136 Å². The number of rotatable bonds is 4. The second-order valence-electron chi connectivity index (χ2n) is 6.17. The van der Waals surface area contributed by atoms with E-state index >= 15 is 0 Å². The lowest BCUT2D eigenvalue weighted by atomic mass is 9.92. The number of carbonyl (C=O) groups excluding carboxylic acids is 1. The van der Waals surface area contributed by atoms with Crippen LogP contribution in [0.5, 0.6) is 5.75 Å². The minimum absolute atomic E-state index is 0.192. The standard InChI is InChI=1S/C18H23N3O2/c1-13-11-19-20-18(13)15-4-3-9-21(12-15)17(22)10-14-5-7-16(23-2)8-6-14/h5-8,11,15H,3-4,9-10,12H2,1-2H3,(H,19,20)/t15-/m1/s1. The summed E-state index contributed by atoms with van der Waals surface area (Å²) in [5.41, 5.74) is 3.38. The van der Waals surface area contributed by atoms with E-state index in [1.165, 1.54) is 11.3 Å². The van der Waals surface area contributed by atoms with Crippen LogP contribution in [-0.2, 0) is 11.2 Å². The van der Waals surface area contributed by atoms with Gasteiger partial charge in [-0.3, -0.25) is 9.89 Å². The Bertz CT molecular complexity index is 663. The lowest BCUT2D eigenvalue weighted by Gasteiger charge is -2.32. The Morgan fingerprint density at radius 3 is 2.83 bits per heavy atom. The fraction of sp³-hybridized carbons (Fsp3) is 0.444. The number of hydrogen-bond acceptors (Lipinski definition) is 3. The van der Waals surface area contributed by atoms with Crippen molar-refractivity contribution in [1.82, 2.24) is 15.1 Å². The fourth-order valence-corrected chi connectivity index (χ4v) is 3.24. The predicted octanol–water partition coefficient (Wildman–Crippen LogP) is 2.68. The zero-order valence-electron chi connectivity index (χ0n) is 13.7. The molecule has 23 heavy (non-hydrogen) atoms. The van der Waals surface area contributed by atoms with Gasteiger partial charge in [-0.05, 0) is 43.0 Å². The number of methoxy groups -OCH3 is 1. The number of nitrogens with zero attached hydrogens (tertiary/aromatic N) is 2. The third-order valence-corrected chi connectivity index (χ3v) is 4.56. The quantitative estimate of drug-likeness (QED) is 0.944. The van der Waals surface area contributed by atoms with E-state index in [9.17, 15) is 4.79 Å². The number of carbonyl (C=O) groups is 1. The molecule has 1 fully saturated rings. The lowest BCUT2D eigenvalue weighted by Crippen LogP contribution is -2.40. The highest BCUT2D eigenvalue weighted by Gasteiger charge is 2.26. The number of aromatic nitrogens is 2. The largest absolute Gasteiger partial charge is 0.497 e. The number of likely N-dealkylation sites (tertiary alicyclic amines) is 1. The number of amides is 1. The van der Waals surface area contributed by atoms with Gasteiger partial charge in [0.2, 0.25) is 5.91 Å². The molecule has 3 rings (SSSR count). The Morgan fingerprint density at radius 1 is 1.39 bits per heavy atom. The van der Waals surface area contributed by atoms with Crippen molar-refractivity contribution in [2.24, 2.45) is 0 Å². The highest BCUT2D eigenvalue weighted by molar-refractivity contribution is 5.79. The smallest absolute Gasteiger partial charge is 0.227 e. The second kappa shape index (κ2) is 6.86. The van der Waals surface area contributed by atoms with Crippen LogP contribution in [0.15, 0.2) is 30.5 Å². The molecule has 5 heteroatoms. The van der Waals surface area contributed by atoms with Crippen molar-refractivity contribution in [2.45, 2.75) is 32.1 Å². The van der Waals surface area contributed by atoms with E-state index in [0.29, 0.717) is 12.3 Å². The minimum atomic E-state index is 0.192. The Morgan fingerprint density at radius 2 is 2.17 bits per heavy atom. The van der Waals surface area contributed by atoms with E-state index in [1.54, 1.807) is 7.11 Å². The summed E-state index contributed by atoms with van der Waals surface area (Å²) in [7, 11) is 1.64. The molecule has 122 valence electrons. The van der Waals surface area contributed by atoms with Crippen molar-refractivity contribution in [3.05, 3.63) is 47.3 Å². The molecule has 2 heterocycles. The molecule has 1 aromatic heterocycles. The molecule has 1 amide bonds. The van der Waals surface area contributed by atoms with E-state index in [4.69, 9.17) is 4.74 Å². The molecule has 5 nitrogen and oxygen atoms in total. The summed E-state index contributed by atoms with van der Waals surface area (Å²) >= 11 is 0. The summed E-state index contributed by atoms with van der Waals surface area (Å²) in [6, 6.07) is 7.71. The number of H-pyrrole nitrogens is 1. The molecule has 1 aliphatic rings. The molecule has 1 aromatic carbocycles. The first-order valence-corrected chi connectivity index (χ1v) is 8.08. The number of ether oxygens (including phenoxy) is 1. The van der Waals surface area contributed by atoms with Crippen LogP contribution in [0, 0.1) is 6.92 Å². The van der Waals surface area contributed by atoms with Crippen LogP contribution in [-0.4, -0.2) is 41.2 Å². The molecule has 0 bridgehead atoms. The SMILES string of the molecule is COc1ccc(CC(=O)N2CCC[C@@H](c3[nH]ncc3C)C2)cc1. The molecule has 0 unspecified atom stereocenters. The highest BCUT2D eigenvalue weighted by atomic mass is 16.5. The molecule has 1 atom stereocenters. The normalized spacial score (nSPS) is 18.0. The van der Waals surface area contributed by atoms with Crippen molar-refractivity contribution in [2.75, 3.05) is 20.2 Å². The molecular formula is C18H23N3O2. The number of benzene rings is 1. The molecule has 0 radical (unpaired) electrons. The Balaban J connectivity index is 1.63. The Kier molecular flexibility index (Phi) is 4.65. The topological polar surface area (TPSA) is 58.2 Å². The average molecular weight is 313 g/mol. The second-order valence-corrected chi connectivity index (χ2v) is 6.17. The van der Waals surface area contributed by atoms with Gasteiger partial charge in [-0.1, -0.05) is 12.1 Å².